The lowest BCUT2D eigenvalue weighted by molar-refractivity contribution is -0.136. The van der Waals surface area contributed by atoms with Crippen molar-refractivity contribution >= 4 is 5.97 Å². The number of aliphatic carboxylic acids is 1. The van der Waals surface area contributed by atoms with Gasteiger partial charge in [0.2, 0.25) is 0 Å². The van der Waals surface area contributed by atoms with Gasteiger partial charge in [0.25, 0.3) is 0 Å². The Morgan fingerprint density at radius 3 is 2.55 bits per heavy atom. The maximum absolute atomic E-state index is 12.8. The monoisotopic (exact) mass is 421 g/mol. The fourth-order valence-corrected chi connectivity index (χ4v) is 3.54. The number of halogens is 1. The Morgan fingerprint density at radius 1 is 1.03 bits per heavy atom. The van der Waals surface area contributed by atoms with Crippen molar-refractivity contribution in [2.75, 3.05) is 6.67 Å². The highest BCUT2D eigenvalue weighted by atomic mass is 19.1. The van der Waals surface area contributed by atoms with Crippen LogP contribution in [0.5, 0.6) is 5.75 Å². The van der Waals surface area contributed by atoms with Crippen molar-refractivity contribution in [2.24, 2.45) is 5.73 Å². The molecule has 3 aromatic rings. The van der Waals surface area contributed by atoms with E-state index in [-0.39, 0.29) is 19.1 Å². The van der Waals surface area contributed by atoms with Crippen molar-refractivity contribution in [2.45, 2.75) is 38.8 Å². The summed E-state index contributed by atoms with van der Waals surface area (Å²) in [6.07, 6.45) is 1.01. The number of rotatable bonds is 10. The van der Waals surface area contributed by atoms with Gasteiger partial charge >= 0.3 is 5.97 Å². The van der Waals surface area contributed by atoms with Gasteiger partial charge in [0.15, 0.2) is 0 Å². The van der Waals surface area contributed by atoms with Crippen LogP contribution in [0.2, 0.25) is 0 Å². The highest BCUT2D eigenvalue weighted by Crippen LogP contribution is 2.27. The predicted octanol–water partition coefficient (Wildman–Crippen LogP) is 5.48. The summed E-state index contributed by atoms with van der Waals surface area (Å²) in [5.74, 6) is -0.347. The molecule has 3 rings (SSSR count). The number of carboxylic acids is 1. The first kappa shape index (κ1) is 22.5. The third-order valence-electron chi connectivity index (χ3n) is 5.11. The quantitative estimate of drug-likeness (QED) is 0.455. The van der Waals surface area contributed by atoms with Gasteiger partial charge in [0, 0.05) is 11.6 Å². The van der Waals surface area contributed by atoms with Crippen molar-refractivity contribution in [1.82, 2.24) is 0 Å². The molecular weight excluding hydrogens is 393 g/mol. The molecule has 0 saturated carbocycles. The molecule has 4 nitrogen and oxygen atoms in total. The van der Waals surface area contributed by atoms with Crippen LogP contribution in [0, 0.1) is 0 Å². The van der Waals surface area contributed by atoms with Crippen LogP contribution in [-0.4, -0.2) is 17.8 Å². The van der Waals surface area contributed by atoms with Gasteiger partial charge in [-0.05, 0) is 65.8 Å². The van der Waals surface area contributed by atoms with Gasteiger partial charge in [-0.2, -0.15) is 0 Å². The van der Waals surface area contributed by atoms with Gasteiger partial charge < -0.3 is 15.6 Å². The van der Waals surface area contributed by atoms with Gasteiger partial charge in [0.1, 0.15) is 12.4 Å². The number of alkyl halides is 1. The minimum absolute atomic E-state index is 0.0665. The van der Waals surface area contributed by atoms with Crippen LogP contribution in [0.15, 0.2) is 66.7 Å². The van der Waals surface area contributed by atoms with Crippen LogP contribution >= 0.6 is 0 Å². The van der Waals surface area contributed by atoms with E-state index in [0.717, 1.165) is 27.8 Å². The molecule has 0 spiro atoms. The molecule has 5 heteroatoms. The summed E-state index contributed by atoms with van der Waals surface area (Å²) >= 11 is 0. The molecule has 1 atom stereocenters. The summed E-state index contributed by atoms with van der Waals surface area (Å²) < 4.78 is 18.8. The zero-order valence-corrected chi connectivity index (χ0v) is 17.7. The van der Waals surface area contributed by atoms with Crippen LogP contribution in [0.3, 0.4) is 0 Å². The lowest BCUT2D eigenvalue weighted by Gasteiger charge is -2.14. The summed E-state index contributed by atoms with van der Waals surface area (Å²) in [6.45, 7) is 1.88. The van der Waals surface area contributed by atoms with E-state index in [1.165, 1.54) is 0 Å². The first-order valence-corrected chi connectivity index (χ1v) is 10.4. The van der Waals surface area contributed by atoms with Crippen LogP contribution in [-0.2, 0) is 24.2 Å². The molecule has 0 amide bonds. The Bertz CT molecular complexity index is 1030. The highest BCUT2D eigenvalue weighted by Gasteiger charge is 2.10. The van der Waals surface area contributed by atoms with Crippen LogP contribution in [0.4, 0.5) is 4.39 Å². The molecule has 0 bridgehead atoms. The average Bonchev–Trinajstić information content (AvgIpc) is 2.76. The van der Waals surface area contributed by atoms with Crippen molar-refractivity contribution < 1.29 is 19.0 Å². The summed E-state index contributed by atoms with van der Waals surface area (Å²) in [6, 6.07) is 21.3. The van der Waals surface area contributed by atoms with Gasteiger partial charge in [-0.3, -0.25) is 9.18 Å². The van der Waals surface area contributed by atoms with Gasteiger partial charge in [-0.15, -0.1) is 0 Å². The van der Waals surface area contributed by atoms with Crippen LogP contribution < -0.4 is 10.5 Å². The van der Waals surface area contributed by atoms with E-state index in [4.69, 9.17) is 15.6 Å². The Labute approximate surface area is 182 Å². The molecule has 0 radical (unpaired) electrons. The number of aryl methyl sites for hydroxylation is 1. The van der Waals surface area contributed by atoms with E-state index in [1.807, 2.05) is 37.3 Å². The van der Waals surface area contributed by atoms with Gasteiger partial charge in [0.05, 0.1) is 13.1 Å². The fraction of sp³-hybridized carbons (Fsp3) is 0.269. The molecule has 0 aliphatic heterocycles. The van der Waals surface area contributed by atoms with Crippen LogP contribution in [0.25, 0.3) is 11.1 Å². The second kappa shape index (κ2) is 10.7. The zero-order valence-electron chi connectivity index (χ0n) is 17.7. The number of hydrogen-bond acceptors (Lipinski definition) is 3. The number of nitrogens with two attached hydrogens (primary N) is 1. The van der Waals surface area contributed by atoms with Crippen molar-refractivity contribution in [3.63, 3.8) is 0 Å². The number of para-hydroxylation sites is 1. The predicted molar refractivity (Wildman–Crippen MR) is 121 cm³/mol. The molecule has 0 aliphatic rings. The largest absolute Gasteiger partial charge is 0.489 e. The molecule has 31 heavy (non-hydrogen) atoms. The van der Waals surface area contributed by atoms with Crippen molar-refractivity contribution in [3.05, 3.63) is 89.0 Å². The molecule has 0 aromatic heterocycles. The third kappa shape index (κ3) is 6.40. The molecule has 0 heterocycles. The Kier molecular flexibility index (Phi) is 7.79. The second-order valence-corrected chi connectivity index (χ2v) is 7.71. The standard InChI is InChI=1S/C26H28FNO3/c1-18(28)21-8-4-9-22(15-21)24-13-19(6-5-11-27)12-20(14-24)17-31-25-10-3-2-7-23(25)16-26(29)30/h2-4,7-10,12-15,18H,5-6,11,16-17,28H2,1H3,(H,29,30)/t18-/m1/s1. The van der Waals surface area contributed by atoms with Gasteiger partial charge in [-0.1, -0.05) is 48.5 Å². The minimum atomic E-state index is -0.902. The van der Waals surface area contributed by atoms with Crippen molar-refractivity contribution in [1.29, 1.82) is 0 Å². The first-order chi connectivity index (χ1) is 15.0. The molecule has 0 unspecified atom stereocenters. The Morgan fingerprint density at radius 2 is 1.81 bits per heavy atom. The third-order valence-corrected chi connectivity index (χ3v) is 5.11. The molecule has 3 aromatic carbocycles. The summed E-state index contributed by atoms with van der Waals surface area (Å²) in [4.78, 5) is 11.1. The number of benzene rings is 3. The van der Waals surface area contributed by atoms with E-state index < -0.39 is 5.97 Å². The number of carbonyl (C=O) groups is 1. The van der Waals surface area contributed by atoms with E-state index >= 15 is 0 Å². The smallest absolute Gasteiger partial charge is 0.307 e. The maximum Gasteiger partial charge on any atom is 0.307 e. The molecule has 0 saturated heterocycles. The van der Waals surface area contributed by atoms with Gasteiger partial charge in [-0.25, -0.2) is 0 Å². The lowest BCUT2D eigenvalue weighted by Crippen LogP contribution is -2.05. The summed E-state index contributed by atoms with van der Waals surface area (Å²) in [5, 5.41) is 9.12. The zero-order chi connectivity index (χ0) is 22.2. The Balaban J connectivity index is 1.89. The lowest BCUT2D eigenvalue weighted by atomic mass is 9.96. The fourth-order valence-electron chi connectivity index (χ4n) is 3.54. The average molecular weight is 422 g/mol. The van der Waals surface area contributed by atoms with Crippen molar-refractivity contribution in [3.8, 4) is 16.9 Å². The normalized spacial score (nSPS) is 11.8. The minimum Gasteiger partial charge on any atom is -0.489 e. The molecule has 0 fully saturated rings. The second-order valence-electron chi connectivity index (χ2n) is 7.71. The first-order valence-electron chi connectivity index (χ1n) is 10.4. The summed E-state index contributed by atoms with van der Waals surface area (Å²) in [7, 11) is 0. The van der Waals surface area contributed by atoms with E-state index in [1.54, 1.807) is 18.2 Å². The van der Waals surface area contributed by atoms with Crippen LogP contribution in [0.1, 0.15) is 41.6 Å². The van der Waals surface area contributed by atoms with E-state index in [9.17, 15) is 9.18 Å². The van der Waals surface area contributed by atoms with E-state index in [2.05, 4.69) is 18.2 Å². The van der Waals surface area contributed by atoms with E-state index in [0.29, 0.717) is 30.8 Å². The summed E-state index contributed by atoms with van der Waals surface area (Å²) in [5.41, 5.74) is 11.8. The topological polar surface area (TPSA) is 72.5 Å². The molecule has 0 aliphatic carbocycles. The molecular formula is C26H28FNO3. The number of carboxylic acid groups (broad SMARTS) is 1. The molecule has 3 N–H and O–H groups in total. The SMILES string of the molecule is C[C@@H](N)c1cccc(-c2cc(CCCF)cc(COc3ccccc3CC(=O)O)c2)c1. The maximum atomic E-state index is 12.8. The Hall–Kier alpha value is -3.18. The number of ether oxygens (including phenoxy) is 1. The highest BCUT2D eigenvalue weighted by molar-refractivity contribution is 5.71. The molecule has 162 valence electrons. The number of hydrogen-bond donors (Lipinski definition) is 2.